The second kappa shape index (κ2) is 5.84. The van der Waals surface area contributed by atoms with Crippen molar-refractivity contribution in [2.75, 3.05) is 0 Å². The molecule has 2 aromatic rings. The van der Waals surface area contributed by atoms with Gasteiger partial charge in [0, 0.05) is 4.47 Å². The largest absolute Gasteiger partial charge is 0.372 e. The lowest BCUT2D eigenvalue weighted by Crippen LogP contribution is -2.14. The minimum atomic E-state index is -4.79. The van der Waals surface area contributed by atoms with Crippen LogP contribution in [0.25, 0.3) is 0 Å². The van der Waals surface area contributed by atoms with Gasteiger partial charge in [-0.25, -0.2) is 13.2 Å². The molecule has 0 N–H and O–H groups in total. The molecule has 0 spiro atoms. The molecule has 10 heteroatoms. The first kappa shape index (κ1) is 16.7. The van der Waals surface area contributed by atoms with Gasteiger partial charge in [-0.15, -0.1) is 0 Å². The molecular formula is C12H4BrF5O3S. The zero-order valence-electron chi connectivity index (χ0n) is 10.2. The number of benzene rings is 2. The molecule has 0 aliphatic heterocycles. The van der Waals surface area contributed by atoms with Gasteiger partial charge in [0.25, 0.3) is 0 Å². The molecule has 0 radical (unpaired) electrons. The lowest BCUT2D eigenvalue weighted by Gasteiger charge is -2.10. The summed E-state index contributed by atoms with van der Waals surface area (Å²) in [4.78, 5) is -0.536. The first-order valence-electron chi connectivity index (χ1n) is 5.36. The normalized spacial score (nSPS) is 11.5. The molecule has 0 bridgehead atoms. The summed E-state index contributed by atoms with van der Waals surface area (Å²) in [7, 11) is -4.79. The maximum Gasteiger partial charge on any atom is 0.339 e. The van der Waals surface area contributed by atoms with Crippen LogP contribution >= 0.6 is 15.9 Å². The van der Waals surface area contributed by atoms with E-state index in [4.69, 9.17) is 0 Å². The van der Waals surface area contributed by atoms with Crippen molar-refractivity contribution in [2.24, 2.45) is 0 Å². The third-order valence-corrected chi connectivity index (χ3v) is 4.16. The second-order valence-electron chi connectivity index (χ2n) is 3.89. The number of hydrogen-bond donors (Lipinski definition) is 0. The van der Waals surface area contributed by atoms with E-state index in [1.54, 1.807) is 0 Å². The van der Waals surface area contributed by atoms with Crippen molar-refractivity contribution in [1.29, 1.82) is 0 Å². The van der Waals surface area contributed by atoms with E-state index in [-0.39, 0.29) is 0 Å². The van der Waals surface area contributed by atoms with Crippen LogP contribution in [0.4, 0.5) is 22.0 Å². The summed E-state index contributed by atoms with van der Waals surface area (Å²) in [6, 6.07) is 4.78. The summed E-state index contributed by atoms with van der Waals surface area (Å²) in [5, 5.41) is 0. The van der Waals surface area contributed by atoms with Crippen LogP contribution in [0.1, 0.15) is 0 Å². The van der Waals surface area contributed by atoms with E-state index in [2.05, 4.69) is 20.1 Å². The average molecular weight is 403 g/mol. The summed E-state index contributed by atoms with van der Waals surface area (Å²) in [5.74, 6) is -13.7. The fraction of sp³-hybridized carbons (Fsp3) is 0. The highest BCUT2D eigenvalue weighted by atomic mass is 79.9. The molecule has 0 unspecified atom stereocenters. The number of hydrogen-bond acceptors (Lipinski definition) is 3. The van der Waals surface area contributed by atoms with E-state index in [0.29, 0.717) is 4.47 Å². The minimum Gasteiger partial charge on any atom is -0.372 e. The lowest BCUT2D eigenvalue weighted by molar-refractivity contribution is 0.346. The highest BCUT2D eigenvalue weighted by molar-refractivity contribution is 9.10. The van der Waals surface area contributed by atoms with E-state index in [1.165, 1.54) is 12.1 Å². The zero-order valence-corrected chi connectivity index (χ0v) is 12.6. The van der Waals surface area contributed by atoms with Crippen LogP contribution in [-0.4, -0.2) is 8.42 Å². The molecule has 3 nitrogen and oxygen atoms in total. The Kier molecular flexibility index (Phi) is 4.43. The van der Waals surface area contributed by atoms with Crippen molar-refractivity contribution in [1.82, 2.24) is 0 Å². The highest BCUT2D eigenvalue weighted by Crippen LogP contribution is 2.31. The van der Waals surface area contributed by atoms with Gasteiger partial charge in [-0.2, -0.15) is 17.2 Å². The monoisotopic (exact) mass is 402 g/mol. The Hall–Kier alpha value is -1.68. The zero-order chi connectivity index (χ0) is 16.7. The van der Waals surface area contributed by atoms with E-state index in [9.17, 15) is 30.4 Å². The Morgan fingerprint density at radius 2 is 1.36 bits per heavy atom. The van der Waals surface area contributed by atoms with Crippen LogP contribution in [0, 0.1) is 29.1 Å². The molecule has 0 saturated heterocycles. The maximum atomic E-state index is 13.4. The smallest absolute Gasteiger partial charge is 0.339 e. The van der Waals surface area contributed by atoms with E-state index in [0.717, 1.165) is 12.1 Å². The molecule has 0 aliphatic rings. The van der Waals surface area contributed by atoms with Crippen LogP contribution in [0.15, 0.2) is 33.6 Å². The molecule has 22 heavy (non-hydrogen) atoms. The van der Waals surface area contributed by atoms with Crippen LogP contribution in [0.5, 0.6) is 5.75 Å². The molecule has 0 saturated carbocycles. The summed E-state index contributed by atoms with van der Waals surface area (Å²) in [6.45, 7) is 0. The molecule has 0 amide bonds. The maximum absolute atomic E-state index is 13.4. The molecule has 0 heterocycles. The fourth-order valence-electron chi connectivity index (χ4n) is 1.44. The van der Waals surface area contributed by atoms with Gasteiger partial charge in [0.2, 0.25) is 34.8 Å². The Labute approximate surface area is 129 Å². The van der Waals surface area contributed by atoms with E-state index in [1.807, 2.05) is 0 Å². The third-order valence-electron chi connectivity index (χ3n) is 2.45. The van der Waals surface area contributed by atoms with Gasteiger partial charge in [-0.3, -0.25) is 0 Å². The Balaban J connectivity index is 2.56. The Bertz CT molecular complexity index is 825. The first-order valence-corrected chi connectivity index (χ1v) is 7.56. The van der Waals surface area contributed by atoms with Crippen molar-refractivity contribution in [3.05, 3.63) is 57.8 Å². The second-order valence-corrected chi connectivity index (χ2v) is 6.36. The number of rotatable bonds is 3. The summed E-state index contributed by atoms with van der Waals surface area (Å²) in [5.41, 5.74) is 0. The van der Waals surface area contributed by atoms with E-state index >= 15 is 0 Å². The van der Waals surface area contributed by atoms with Gasteiger partial charge >= 0.3 is 10.1 Å². The topological polar surface area (TPSA) is 43.4 Å². The summed E-state index contributed by atoms with van der Waals surface area (Å²) in [6.07, 6.45) is 0. The van der Waals surface area contributed by atoms with Crippen molar-refractivity contribution >= 4 is 26.0 Å². The predicted octanol–water partition coefficient (Wildman–Crippen LogP) is 3.91. The fourth-order valence-corrected chi connectivity index (χ4v) is 2.97. The van der Waals surface area contributed by atoms with Crippen molar-refractivity contribution in [2.45, 2.75) is 4.90 Å². The van der Waals surface area contributed by atoms with Crippen molar-refractivity contribution < 1.29 is 34.6 Å². The molecule has 0 atom stereocenters. The molecule has 0 aromatic heterocycles. The minimum absolute atomic E-state index is 0.301. The SMILES string of the molecule is O=S(=O)(Oc1c(F)c(F)c(F)c(F)c1F)c1cccc(Br)c1. The summed E-state index contributed by atoms with van der Waals surface area (Å²) < 4.78 is 93.8. The molecule has 2 rings (SSSR count). The van der Waals surface area contributed by atoms with Gasteiger partial charge in [0.1, 0.15) is 4.90 Å². The first-order chi connectivity index (χ1) is 10.1. The predicted molar refractivity (Wildman–Crippen MR) is 68.2 cm³/mol. The molecule has 2 aromatic carbocycles. The van der Waals surface area contributed by atoms with Gasteiger partial charge in [-0.05, 0) is 18.2 Å². The molecular weight excluding hydrogens is 399 g/mol. The van der Waals surface area contributed by atoms with Gasteiger partial charge in [-0.1, -0.05) is 22.0 Å². The highest BCUT2D eigenvalue weighted by Gasteiger charge is 2.30. The third kappa shape index (κ3) is 2.93. The average Bonchev–Trinajstić information content (AvgIpc) is 2.48. The Morgan fingerprint density at radius 1 is 0.864 bits per heavy atom. The van der Waals surface area contributed by atoms with Crippen molar-refractivity contribution in [3.8, 4) is 5.75 Å². The quantitative estimate of drug-likeness (QED) is 0.338. The van der Waals surface area contributed by atoms with Crippen LogP contribution in [0.2, 0.25) is 0 Å². The van der Waals surface area contributed by atoms with E-state index < -0.39 is 49.8 Å². The number of halogens is 6. The van der Waals surface area contributed by atoms with Crippen molar-refractivity contribution in [3.63, 3.8) is 0 Å². The Morgan fingerprint density at radius 3 is 1.86 bits per heavy atom. The standard InChI is InChI=1S/C12H4BrF5O3S/c13-5-2-1-3-6(4-5)22(19,20)21-12-10(17)8(15)7(14)9(16)11(12)18/h1-4H. The van der Waals surface area contributed by atoms with Crippen LogP contribution in [-0.2, 0) is 10.1 Å². The summed E-state index contributed by atoms with van der Waals surface area (Å²) >= 11 is 2.96. The molecule has 118 valence electrons. The van der Waals surface area contributed by atoms with Crippen LogP contribution in [0.3, 0.4) is 0 Å². The molecule has 0 fully saturated rings. The van der Waals surface area contributed by atoms with Gasteiger partial charge < -0.3 is 4.18 Å². The molecule has 0 aliphatic carbocycles. The van der Waals surface area contributed by atoms with Gasteiger partial charge in [0.15, 0.2) is 0 Å². The van der Waals surface area contributed by atoms with Gasteiger partial charge in [0.05, 0.1) is 0 Å². The van der Waals surface area contributed by atoms with Crippen LogP contribution < -0.4 is 4.18 Å². The lowest BCUT2D eigenvalue weighted by atomic mass is 10.3.